The molecule has 2 heterocycles. The molecule has 10 heteroatoms. The number of para-hydroxylation sites is 1. The van der Waals surface area contributed by atoms with Gasteiger partial charge in [0.25, 0.3) is 11.5 Å². The monoisotopic (exact) mass is 547 g/mol. The number of primary amides is 1. The third-order valence-electron chi connectivity index (χ3n) is 6.38. The van der Waals surface area contributed by atoms with Crippen LogP contribution in [0.25, 0.3) is 10.9 Å². The Labute approximate surface area is 230 Å². The van der Waals surface area contributed by atoms with Gasteiger partial charge in [-0.15, -0.1) is 0 Å². The zero-order valence-corrected chi connectivity index (χ0v) is 22.5. The number of hydrogen-bond acceptors (Lipinski definition) is 6. The largest absolute Gasteiger partial charge is 0.480 e. The molecule has 202 valence electrons. The Morgan fingerprint density at radius 2 is 1.90 bits per heavy atom. The molecule has 4 rings (SSSR count). The van der Waals surface area contributed by atoms with Gasteiger partial charge in [0, 0.05) is 40.5 Å². The molecule has 0 spiro atoms. The summed E-state index contributed by atoms with van der Waals surface area (Å²) in [4.78, 5) is 42.2. The maximum absolute atomic E-state index is 13.2. The summed E-state index contributed by atoms with van der Waals surface area (Å²) in [6, 6.07) is 16.5. The number of fused-ring (bicyclic) bond motifs is 1. The minimum absolute atomic E-state index is 0.0936. The van der Waals surface area contributed by atoms with Gasteiger partial charge in [-0.05, 0) is 54.8 Å². The van der Waals surface area contributed by atoms with Crippen molar-refractivity contribution in [2.24, 2.45) is 5.73 Å². The highest BCUT2D eigenvalue weighted by atomic mass is 35.5. The third-order valence-corrected chi connectivity index (χ3v) is 6.61. The van der Waals surface area contributed by atoms with E-state index in [2.05, 4.69) is 15.7 Å². The van der Waals surface area contributed by atoms with Gasteiger partial charge in [0.05, 0.1) is 18.5 Å². The van der Waals surface area contributed by atoms with Gasteiger partial charge in [-0.1, -0.05) is 42.8 Å². The van der Waals surface area contributed by atoms with Gasteiger partial charge in [0.2, 0.25) is 5.91 Å². The first-order valence-corrected chi connectivity index (χ1v) is 12.9. The van der Waals surface area contributed by atoms with Crippen molar-refractivity contribution in [3.05, 3.63) is 105 Å². The Morgan fingerprint density at radius 3 is 2.67 bits per heavy atom. The van der Waals surface area contributed by atoms with E-state index in [1.54, 1.807) is 50.5 Å². The minimum Gasteiger partial charge on any atom is -0.480 e. The Balaban J connectivity index is 1.45. The van der Waals surface area contributed by atoms with Crippen molar-refractivity contribution in [3.63, 3.8) is 0 Å². The van der Waals surface area contributed by atoms with Gasteiger partial charge >= 0.3 is 0 Å². The van der Waals surface area contributed by atoms with E-state index >= 15 is 0 Å². The third kappa shape index (κ3) is 6.74. The van der Waals surface area contributed by atoms with Crippen molar-refractivity contribution in [2.75, 3.05) is 5.43 Å². The van der Waals surface area contributed by atoms with E-state index in [1.165, 1.54) is 4.68 Å². The first-order chi connectivity index (χ1) is 18.8. The highest BCUT2D eigenvalue weighted by molar-refractivity contribution is 6.30. The van der Waals surface area contributed by atoms with Crippen molar-refractivity contribution in [1.82, 2.24) is 15.0 Å². The van der Waals surface area contributed by atoms with E-state index in [-0.39, 0.29) is 24.4 Å². The molecule has 39 heavy (non-hydrogen) atoms. The van der Waals surface area contributed by atoms with Crippen molar-refractivity contribution in [1.29, 1.82) is 0 Å². The molecular formula is C29H30ClN5O4. The van der Waals surface area contributed by atoms with Crippen LogP contribution in [0.4, 0.5) is 0 Å². The van der Waals surface area contributed by atoms with Crippen LogP contribution in [0.1, 0.15) is 35.6 Å². The number of carbonyl (C=O) groups excluding carboxylic acids is 2. The predicted molar refractivity (Wildman–Crippen MR) is 151 cm³/mol. The summed E-state index contributed by atoms with van der Waals surface area (Å²) in [5.74, 6) is -0.529. The van der Waals surface area contributed by atoms with Gasteiger partial charge in [0.1, 0.15) is 5.75 Å². The van der Waals surface area contributed by atoms with E-state index in [1.807, 2.05) is 30.3 Å². The molecule has 2 aromatic heterocycles. The number of ether oxygens (including phenoxy) is 1. The number of halogens is 1. The number of pyridine rings is 2. The van der Waals surface area contributed by atoms with Gasteiger partial charge < -0.3 is 21.2 Å². The zero-order valence-electron chi connectivity index (χ0n) is 21.7. The summed E-state index contributed by atoms with van der Waals surface area (Å²) in [5, 5.41) is 4.28. The molecule has 1 unspecified atom stereocenters. The number of rotatable bonds is 11. The molecule has 4 N–H and O–H groups in total. The maximum atomic E-state index is 13.2. The molecule has 2 aromatic carbocycles. The van der Waals surface area contributed by atoms with E-state index in [0.717, 1.165) is 16.5 Å². The predicted octanol–water partition coefficient (Wildman–Crippen LogP) is 3.60. The van der Waals surface area contributed by atoms with E-state index in [9.17, 15) is 14.4 Å². The number of carbonyl (C=O) groups is 2. The van der Waals surface area contributed by atoms with Crippen molar-refractivity contribution >= 4 is 34.3 Å². The molecule has 0 aliphatic heterocycles. The van der Waals surface area contributed by atoms with E-state index in [4.69, 9.17) is 22.1 Å². The van der Waals surface area contributed by atoms with Gasteiger partial charge in [-0.3, -0.25) is 19.4 Å². The second-order valence-corrected chi connectivity index (χ2v) is 9.54. The highest BCUT2D eigenvalue weighted by Crippen LogP contribution is 2.24. The van der Waals surface area contributed by atoms with Gasteiger partial charge in [-0.25, -0.2) is 4.68 Å². The molecule has 9 nitrogen and oxygen atoms in total. The smallest absolute Gasteiger partial charge is 0.272 e. The average molecular weight is 548 g/mol. The summed E-state index contributed by atoms with van der Waals surface area (Å²) in [6.07, 6.45) is 2.87. The Morgan fingerprint density at radius 1 is 1.10 bits per heavy atom. The van der Waals surface area contributed by atoms with Crippen LogP contribution in [0.5, 0.6) is 5.75 Å². The highest BCUT2D eigenvalue weighted by Gasteiger charge is 2.18. The summed E-state index contributed by atoms with van der Waals surface area (Å²) in [7, 11) is 0. The number of nitrogens with two attached hydrogens (primary N) is 1. The van der Waals surface area contributed by atoms with Crippen LogP contribution < -0.4 is 26.8 Å². The first-order valence-electron chi connectivity index (χ1n) is 12.6. The van der Waals surface area contributed by atoms with Crippen LogP contribution in [0.3, 0.4) is 0 Å². The second kappa shape index (κ2) is 12.4. The molecule has 0 bridgehead atoms. The molecular weight excluding hydrogens is 518 g/mol. The molecule has 0 fully saturated rings. The normalized spacial score (nSPS) is 11.7. The summed E-state index contributed by atoms with van der Waals surface area (Å²) < 4.78 is 7.14. The number of nitrogens with zero attached hydrogens (tertiary/aromatic N) is 2. The lowest BCUT2D eigenvalue weighted by Crippen LogP contribution is -2.35. The summed E-state index contributed by atoms with van der Waals surface area (Å²) in [6.45, 7) is 4.05. The van der Waals surface area contributed by atoms with E-state index in [0.29, 0.717) is 40.4 Å². The molecule has 0 aliphatic carbocycles. The number of hydrogen-bond donors (Lipinski definition) is 3. The van der Waals surface area contributed by atoms with E-state index < -0.39 is 12.0 Å². The van der Waals surface area contributed by atoms with Crippen molar-refractivity contribution in [3.8, 4) is 5.75 Å². The fraction of sp³-hybridized carbons (Fsp3) is 0.241. The second-order valence-electron chi connectivity index (χ2n) is 9.10. The Bertz CT molecular complexity index is 1560. The SMILES string of the molecule is CCC(Oc1ccc(Cl)cc1CNC(=O)Cc1c(C)ccn(NCc2cccc3cccnc23)c1=O)C(N)=O. The van der Waals surface area contributed by atoms with Crippen LogP contribution in [-0.2, 0) is 29.1 Å². The molecule has 0 radical (unpaired) electrons. The lowest BCUT2D eigenvalue weighted by molar-refractivity contribution is -0.125. The van der Waals surface area contributed by atoms with Crippen LogP contribution in [0.15, 0.2) is 71.8 Å². The maximum Gasteiger partial charge on any atom is 0.272 e. The molecule has 1 atom stereocenters. The van der Waals surface area contributed by atoms with Crippen LogP contribution >= 0.6 is 11.6 Å². The zero-order chi connectivity index (χ0) is 27.9. The van der Waals surface area contributed by atoms with Gasteiger partial charge in [0.15, 0.2) is 6.10 Å². The van der Waals surface area contributed by atoms with Crippen LogP contribution in [-0.4, -0.2) is 27.6 Å². The molecule has 0 saturated heterocycles. The van der Waals surface area contributed by atoms with Crippen LogP contribution in [0.2, 0.25) is 5.02 Å². The molecule has 0 aliphatic rings. The molecule has 0 saturated carbocycles. The van der Waals surface area contributed by atoms with Crippen molar-refractivity contribution < 1.29 is 14.3 Å². The molecule has 2 amide bonds. The number of benzene rings is 2. The molecule has 4 aromatic rings. The quantitative estimate of drug-likeness (QED) is 0.263. The lowest BCUT2D eigenvalue weighted by Gasteiger charge is -2.18. The number of nitrogens with one attached hydrogen (secondary N) is 2. The fourth-order valence-electron chi connectivity index (χ4n) is 4.20. The summed E-state index contributed by atoms with van der Waals surface area (Å²) >= 11 is 6.15. The topological polar surface area (TPSA) is 128 Å². The van der Waals surface area contributed by atoms with Crippen molar-refractivity contribution in [2.45, 2.75) is 45.9 Å². The number of amides is 2. The minimum atomic E-state index is -0.803. The lowest BCUT2D eigenvalue weighted by atomic mass is 10.1. The fourth-order valence-corrected chi connectivity index (χ4v) is 4.40. The Hall–Kier alpha value is -4.37. The summed E-state index contributed by atoms with van der Waals surface area (Å²) in [5.41, 5.74) is 11.7. The van der Waals surface area contributed by atoms with Gasteiger partial charge in [-0.2, -0.15) is 0 Å². The van der Waals surface area contributed by atoms with Crippen LogP contribution in [0, 0.1) is 6.92 Å². The number of aryl methyl sites for hydroxylation is 1. The average Bonchev–Trinajstić information content (AvgIpc) is 2.93. The first kappa shape index (κ1) is 27.7. The number of aromatic nitrogens is 2. The Kier molecular flexibility index (Phi) is 8.83. The standard InChI is InChI=1S/C29H30ClN5O4/c1-3-24(28(31)37)39-25-10-9-22(30)14-21(25)16-33-26(36)15-23-18(2)11-13-35(29(23)38)34-17-20-7-4-6-19-8-5-12-32-27(19)20/h4-14,24,34H,3,15-17H2,1-2H3,(H2,31,37)(H,33,36).